The van der Waals surface area contributed by atoms with Crippen molar-refractivity contribution in [2.75, 3.05) is 19.7 Å². The van der Waals surface area contributed by atoms with Crippen molar-refractivity contribution in [3.8, 4) is 0 Å². The van der Waals surface area contributed by atoms with Crippen LogP contribution in [-0.4, -0.2) is 51.3 Å². The summed E-state index contributed by atoms with van der Waals surface area (Å²) in [6, 6.07) is 1.81. The molecule has 0 unspecified atom stereocenters. The van der Waals surface area contributed by atoms with Gasteiger partial charge in [0.25, 0.3) is 0 Å². The molecule has 0 bridgehead atoms. The van der Waals surface area contributed by atoms with Crippen LogP contribution in [0.2, 0.25) is 0 Å². The van der Waals surface area contributed by atoms with Crippen molar-refractivity contribution in [3.63, 3.8) is 0 Å². The molecular formula is C17H26N4O3. The van der Waals surface area contributed by atoms with Crippen molar-refractivity contribution in [3.05, 3.63) is 18.0 Å². The largest absolute Gasteiger partial charge is 0.335 e. The van der Waals surface area contributed by atoms with Crippen LogP contribution in [0.3, 0.4) is 0 Å². The highest BCUT2D eigenvalue weighted by atomic mass is 16.7. The van der Waals surface area contributed by atoms with Gasteiger partial charge in [-0.3, -0.25) is 19.1 Å². The van der Waals surface area contributed by atoms with Crippen LogP contribution < -0.4 is 0 Å². The van der Waals surface area contributed by atoms with Gasteiger partial charge in [0.05, 0.1) is 31.3 Å². The molecule has 2 aliphatic heterocycles. The number of nitrogens with zero attached hydrogens (tertiary/aromatic N) is 4. The van der Waals surface area contributed by atoms with Crippen LogP contribution in [0.25, 0.3) is 0 Å². The number of carbonyl (C=O) groups excluding carboxylic acids is 2. The van der Waals surface area contributed by atoms with Gasteiger partial charge in [-0.05, 0) is 25.3 Å². The number of hydroxylamine groups is 2. The summed E-state index contributed by atoms with van der Waals surface area (Å²) in [6.07, 6.45) is 6.50. The topological polar surface area (TPSA) is 67.7 Å². The maximum Gasteiger partial charge on any atom is 0.248 e. The second-order valence-electron chi connectivity index (χ2n) is 6.54. The second-order valence-corrected chi connectivity index (χ2v) is 6.54. The Labute approximate surface area is 142 Å². The molecule has 2 amide bonds. The Morgan fingerprint density at radius 3 is 2.96 bits per heavy atom. The molecule has 0 radical (unpaired) electrons. The first-order valence-electron chi connectivity index (χ1n) is 8.92. The van der Waals surface area contributed by atoms with E-state index in [-0.39, 0.29) is 17.9 Å². The number of unbranched alkanes of at least 4 members (excludes halogenated alkanes) is 1. The predicted octanol–water partition coefficient (Wildman–Crippen LogP) is 1.90. The van der Waals surface area contributed by atoms with Gasteiger partial charge in [0.1, 0.15) is 0 Å². The minimum Gasteiger partial charge on any atom is -0.335 e. The van der Waals surface area contributed by atoms with E-state index < -0.39 is 0 Å². The third-order valence-electron chi connectivity index (χ3n) is 4.67. The van der Waals surface area contributed by atoms with Crippen molar-refractivity contribution in [1.29, 1.82) is 0 Å². The average molecular weight is 334 g/mol. The average Bonchev–Trinajstić information content (AvgIpc) is 3.09. The van der Waals surface area contributed by atoms with E-state index in [9.17, 15) is 9.59 Å². The minimum absolute atomic E-state index is 0.0241. The van der Waals surface area contributed by atoms with Crippen LogP contribution in [0.1, 0.15) is 57.2 Å². The Morgan fingerprint density at radius 2 is 2.21 bits per heavy atom. The van der Waals surface area contributed by atoms with E-state index in [4.69, 9.17) is 4.84 Å². The smallest absolute Gasteiger partial charge is 0.248 e. The molecule has 3 rings (SSSR count). The van der Waals surface area contributed by atoms with Gasteiger partial charge in [0.2, 0.25) is 11.8 Å². The van der Waals surface area contributed by atoms with E-state index in [2.05, 4.69) is 12.0 Å². The molecule has 0 aliphatic carbocycles. The van der Waals surface area contributed by atoms with E-state index in [0.717, 1.165) is 31.4 Å². The summed E-state index contributed by atoms with van der Waals surface area (Å²) in [7, 11) is 0. The van der Waals surface area contributed by atoms with Gasteiger partial charge in [0.15, 0.2) is 0 Å². The van der Waals surface area contributed by atoms with Crippen LogP contribution >= 0.6 is 0 Å². The fraction of sp³-hybridized carbons (Fsp3) is 0.706. The molecule has 0 aromatic carbocycles. The quantitative estimate of drug-likeness (QED) is 0.825. The monoisotopic (exact) mass is 334 g/mol. The zero-order valence-electron chi connectivity index (χ0n) is 14.3. The highest BCUT2D eigenvalue weighted by molar-refractivity contribution is 5.77. The molecule has 1 saturated heterocycles. The summed E-state index contributed by atoms with van der Waals surface area (Å²) in [5.41, 5.74) is 0.989. The maximum absolute atomic E-state index is 12.5. The van der Waals surface area contributed by atoms with E-state index in [1.165, 1.54) is 5.06 Å². The van der Waals surface area contributed by atoms with E-state index in [1.807, 2.05) is 15.6 Å². The molecule has 1 fully saturated rings. The Balaban J connectivity index is 1.67. The van der Waals surface area contributed by atoms with Crippen molar-refractivity contribution in [2.24, 2.45) is 0 Å². The number of hydrogen-bond donors (Lipinski definition) is 0. The Hall–Kier alpha value is -1.89. The predicted molar refractivity (Wildman–Crippen MR) is 87.7 cm³/mol. The first-order valence-corrected chi connectivity index (χ1v) is 8.92. The van der Waals surface area contributed by atoms with Crippen LogP contribution in [0.5, 0.6) is 0 Å². The van der Waals surface area contributed by atoms with Crippen molar-refractivity contribution in [1.82, 2.24) is 19.7 Å². The first kappa shape index (κ1) is 17.0. The summed E-state index contributed by atoms with van der Waals surface area (Å²) in [4.78, 5) is 32.2. The zero-order chi connectivity index (χ0) is 16.9. The third kappa shape index (κ3) is 3.77. The number of rotatable bonds is 5. The van der Waals surface area contributed by atoms with Gasteiger partial charge < -0.3 is 4.90 Å². The van der Waals surface area contributed by atoms with Gasteiger partial charge in [-0.25, -0.2) is 5.06 Å². The molecule has 1 atom stereocenters. The normalized spacial score (nSPS) is 20.8. The lowest BCUT2D eigenvalue weighted by atomic mass is 10.1. The molecule has 0 saturated carbocycles. The molecule has 7 heteroatoms. The lowest BCUT2D eigenvalue weighted by molar-refractivity contribution is -0.198. The van der Waals surface area contributed by atoms with Gasteiger partial charge >= 0.3 is 0 Å². The van der Waals surface area contributed by atoms with Crippen molar-refractivity contribution >= 4 is 11.8 Å². The molecule has 3 heterocycles. The number of fused-ring (bicyclic) bond motifs is 1. The van der Waals surface area contributed by atoms with Gasteiger partial charge in [-0.2, -0.15) is 5.10 Å². The third-order valence-corrected chi connectivity index (χ3v) is 4.67. The Morgan fingerprint density at radius 1 is 1.33 bits per heavy atom. The van der Waals surface area contributed by atoms with Crippen LogP contribution in [0, 0.1) is 0 Å². The van der Waals surface area contributed by atoms with Crippen molar-refractivity contribution in [2.45, 2.75) is 58.0 Å². The Kier molecular flexibility index (Phi) is 5.50. The lowest BCUT2D eigenvalue weighted by Gasteiger charge is -2.35. The highest BCUT2D eigenvalue weighted by Gasteiger charge is 2.31. The van der Waals surface area contributed by atoms with Gasteiger partial charge in [-0.15, -0.1) is 0 Å². The SMILES string of the molecule is CCCCC(=O)N1Cc2ccnn2[C@H](CC(=O)N2CCCCO2)C1. The molecule has 24 heavy (non-hydrogen) atoms. The maximum atomic E-state index is 12.5. The van der Waals surface area contributed by atoms with E-state index >= 15 is 0 Å². The van der Waals surface area contributed by atoms with Gasteiger partial charge in [-0.1, -0.05) is 13.3 Å². The molecule has 1 aromatic heterocycles. The summed E-state index contributed by atoms with van der Waals surface area (Å²) >= 11 is 0. The van der Waals surface area contributed by atoms with E-state index in [0.29, 0.717) is 39.1 Å². The molecule has 1 aromatic rings. The number of aromatic nitrogens is 2. The fourth-order valence-corrected chi connectivity index (χ4v) is 3.31. The zero-order valence-corrected chi connectivity index (χ0v) is 14.3. The minimum atomic E-state index is -0.118. The molecule has 132 valence electrons. The van der Waals surface area contributed by atoms with Crippen LogP contribution in [0.4, 0.5) is 0 Å². The molecule has 7 nitrogen and oxygen atoms in total. The summed E-state index contributed by atoms with van der Waals surface area (Å²) in [6.45, 7) is 4.45. The standard InChI is InChI=1S/C17H26N4O3/c1-2-3-6-16(22)19-12-14-7-8-18-21(14)15(13-19)11-17(23)20-9-4-5-10-24-20/h7-8,15H,2-6,9-13H2,1H3/t15-/m1/s1. The number of amides is 2. The van der Waals surface area contributed by atoms with Crippen LogP contribution in [-0.2, 0) is 21.0 Å². The number of carbonyl (C=O) groups is 2. The summed E-state index contributed by atoms with van der Waals surface area (Å²) in [5.74, 6) is 0.139. The summed E-state index contributed by atoms with van der Waals surface area (Å²) < 4.78 is 1.89. The molecule has 0 N–H and O–H groups in total. The molecular weight excluding hydrogens is 308 g/mol. The second kappa shape index (κ2) is 7.79. The van der Waals surface area contributed by atoms with Gasteiger partial charge in [0, 0.05) is 25.7 Å². The fourth-order valence-electron chi connectivity index (χ4n) is 3.31. The first-order chi connectivity index (χ1) is 11.7. The number of hydrogen-bond acceptors (Lipinski definition) is 4. The Bertz CT molecular complexity index is 580. The lowest BCUT2D eigenvalue weighted by Crippen LogP contribution is -2.44. The summed E-state index contributed by atoms with van der Waals surface area (Å²) in [5, 5.41) is 5.84. The van der Waals surface area contributed by atoms with Crippen LogP contribution in [0.15, 0.2) is 12.3 Å². The van der Waals surface area contributed by atoms with Crippen molar-refractivity contribution < 1.29 is 14.4 Å². The molecule has 2 aliphatic rings. The molecule has 0 spiro atoms. The highest BCUT2D eigenvalue weighted by Crippen LogP contribution is 2.25. The van der Waals surface area contributed by atoms with E-state index in [1.54, 1.807) is 6.20 Å².